The van der Waals surface area contributed by atoms with Gasteiger partial charge in [0.2, 0.25) is 0 Å². The minimum Gasteiger partial charge on any atom is -0.369 e. The number of fused-ring (bicyclic) bond motifs is 1. The van der Waals surface area contributed by atoms with Crippen molar-refractivity contribution in [3.8, 4) is 0 Å². The number of nitrogens with one attached hydrogen (secondary N) is 2. The van der Waals surface area contributed by atoms with Gasteiger partial charge < -0.3 is 15.2 Å². The predicted octanol–water partition coefficient (Wildman–Crippen LogP) is 1.78. The molecule has 0 unspecified atom stereocenters. The zero-order valence-corrected chi connectivity index (χ0v) is 10.5. The van der Waals surface area contributed by atoms with Crippen molar-refractivity contribution in [2.45, 2.75) is 6.92 Å². The van der Waals surface area contributed by atoms with Gasteiger partial charge in [-0.1, -0.05) is 0 Å². The van der Waals surface area contributed by atoms with Crippen LogP contribution in [0, 0.1) is 0 Å². The van der Waals surface area contributed by atoms with Gasteiger partial charge in [-0.25, -0.2) is 0 Å². The Kier molecular flexibility index (Phi) is 2.80. The number of carbonyl (C=O) groups is 1. The number of hydrogen-bond donors (Lipinski definition) is 2. The van der Waals surface area contributed by atoms with Gasteiger partial charge in [-0.3, -0.25) is 4.79 Å². The quantitative estimate of drug-likeness (QED) is 0.790. The van der Waals surface area contributed by atoms with Gasteiger partial charge in [0.25, 0.3) is 0 Å². The standard InChI is InChI=1S/C14H17N3O/c1-10(18)14-9-11-8-12(2-3-13(11)16-14)17-6-4-15-5-7-17/h2-3,8-9,15-16H,4-7H2,1H3. The second-order valence-electron chi connectivity index (χ2n) is 4.75. The summed E-state index contributed by atoms with van der Waals surface area (Å²) in [6.45, 7) is 5.72. The van der Waals surface area contributed by atoms with E-state index in [-0.39, 0.29) is 5.78 Å². The molecule has 1 aliphatic rings. The average molecular weight is 243 g/mol. The van der Waals surface area contributed by atoms with Gasteiger partial charge in [-0.05, 0) is 24.3 Å². The summed E-state index contributed by atoms with van der Waals surface area (Å²) in [6, 6.07) is 8.26. The smallest absolute Gasteiger partial charge is 0.175 e. The van der Waals surface area contributed by atoms with Crippen LogP contribution in [0.5, 0.6) is 0 Å². The molecule has 0 atom stereocenters. The first-order valence-corrected chi connectivity index (χ1v) is 6.33. The van der Waals surface area contributed by atoms with Crippen LogP contribution in [0.25, 0.3) is 10.9 Å². The average Bonchev–Trinajstić information content (AvgIpc) is 2.82. The number of anilines is 1. The fourth-order valence-electron chi connectivity index (χ4n) is 2.43. The lowest BCUT2D eigenvalue weighted by atomic mass is 10.2. The molecule has 4 heteroatoms. The number of nitrogens with zero attached hydrogens (tertiary/aromatic N) is 1. The van der Waals surface area contributed by atoms with E-state index in [0.29, 0.717) is 5.69 Å². The fourth-order valence-corrected chi connectivity index (χ4v) is 2.43. The molecule has 0 radical (unpaired) electrons. The maximum atomic E-state index is 11.4. The van der Waals surface area contributed by atoms with Crippen LogP contribution in [0.2, 0.25) is 0 Å². The van der Waals surface area contributed by atoms with Gasteiger partial charge in [0, 0.05) is 49.7 Å². The second-order valence-corrected chi connectivity index (χ2v) is 4.75. The Balaban J connectivity index is 1.96. The summed E-state index contributed by atoms with van der Waals surface area (Å²) >= 11 is 0. The number of rotatable bonds is 2. The number of ketones is 1. The molecule has 0 amide bonds. The minimum absolute atomic E-state index is 0.0786. The molecule has 0 saturated carbocycles. The number of benzene rings is 1. The molecule has 1 aromatic heterocycles. The molecule has 0 spiro atoms. The highest BCUT2D eigenvalue weighted by Crippen LogP contribution is 2.23. The van der Waals surface area contributed by atoms with Gasteiger partial charge in [-0.15, -0.1) is 0 Å². The second kappa shape index (κ2) is 4.46. The van der Waals surface area contributed by atoms with Crippen molar-refractivity contribution >= 4 is 22.4 Å². The molecule has 1 fully saturated rings. The summed E-state index contributed by atoms with van der Waals surface area (Å²) in [4.78, 5) is 16.9. The van der Waals surface area contributed by atoms with Crippen LogP contribution in [0.1, 0.15) is 17.4 Å². The number of aromatic amines is 1. The number of H-pyrrole nitrogens is 1. The van der Waals surface area contributed by atoms with Crippen molar-refractivity contribution in [1.82, 2.24) is 10.3 Å². The van der Waals surface area contributed by atoms with Crippen LogP contribution in [-0.4, -0.2) is 36.9 Å². The highest BCUT2D eigenvalue weighted by Gasteiger charge is 2.12. The summed E-state index contributed by atoms with van der Waals surface area (Å²) in [6.07, 6.45) is 0. The zero-order valence-electron chi connectivity index (χ0n) is 10.5. The van der Waals surface area contributed by atoms with Crippen molar-refractivity contribution in [2.24, 2.45) is 0 Å². The van der Waals surface area contributed by atoms with E-state index in [1.807, 2.05) is 6.07 Å². The van der Waals surface area contributed by atoms with E-state index in [1.54, 1.807) is 6.92 Å². The maximum absolute atomic E-state index is 11.4. The summed E-state index contributed by atoms with van der Waals surface area (Å²) in [7, 11) is 0. The SMILES string of the molecule is CC(=O)c1cc2cc(N3CCNCC3)ccc2[nH]1. The van der Waals surface area contributed by atoms with Crippen molar-refractivity contribution in [3.05, 3.63) is 30.0 Å². The van der Waals surface area contributed by atoms with Crippen molar-refractivity contribution in [3.63, 3.8) is 0 Å². The molecule has 3 rings (SSSR count). The van der Waals surface area contributed by atoms with E-state index in [1.165, 1.54) is 5.69 Å². The monoisotopic (exact) mass is 243 g/mol. The first-order chi connectivity index (χ1) is 8.74. The Morgan fingerprint density at radius 2 is 2.00 bits per heavy atom. The molecule has 1 aliphatic heterocycles. The molecule has 1 saturated heterocycles. The van der Waals surface area contributed by atoms with E-state index >= 15 is 0 Å². The number of aromatic nitrogens is 1. The summed E-state index contributed by atoms with van der Waals surface area (Å²) in [5, 5.41) is 4.46. The van der Waals surface area contributed by atoms with E-state index in [9.17, 15) is 4.79 Å². The first-order valence-electron chi connectivity index (χ1n) is 6.33. The zero-order chi connectivity index (χ0) is 12.5. The third-order valence-corrected chi connectivity index (χ3v) is 3.47. The van der Waals surface area contributed by atoms with Crippen molar-refractivity contribution in [2.75, 3.05) is 31.1 Å². The molecule has 4 nitrogen and oxygen atoms in total. The van der Waals surface area contributed by atoms with Crippen LogP contribution in [0.15, 0.2) is 24.3 Å². The Labute approximate surface area is 106 Å². The topological polar surface area (TPSA) is 48.1 Å². The molecule has 94 valence electrons. The van der Waals surface area contributed by atoms with E-state index in [2.05, 4.69) is 33.4 Å². The lowest BCUT2D eigenvalue weighted by Gasteiger charge is -2.29. The van der Waals surface area contributed by atoms with Crippen molar-refractivity contribution in [1.29, 1.82) is 0 Å². The van der Waals surface area contributed by atoms with Gasteiger partial charge in [0.1, 0.15) is 0 Å². The summed E-state index contributed by atoms with van der Waals surface area (Å²) in [5.74, 6) is 0.0786. The largest absolute Gasteiger partial charge is 0.369 e. The molecule has 2 aromatic rings. The van der Waals surface area contributed by atoms with E-state index in [4.69, 9.17) is 0 Å². The Bertz CT molecular complexity index is 582. The number of piperazine rings is 1. The van der Waals surface area contributed by atoms with Crippen LogP contribution in [0.3, 0.4) is 0 Å². The summed E-state index contributed by atoms with van der Waals surface area (Å²) < 4.78 is 0. The molecule has 1 aromatic carbocycles. The normalized spacial score (nSPS) is 16.2. The Morgan fingerprint density at radius 1 is 1.22 bits per heavy atom. The van der Waals surface area contributed by atoms with Crippen LogP contribution in [-0.2, 0) is 0 Å². The Hall–Kier alpha value is -1.81. The van der Waals surface area contributed by atoms with Gasteiger partial charge in [0.15, 0.2) is 5.78 Å². The Morgan fingerprint density at radius 3 is 2.72 bits per heavy atom. The molecular weight excluding hydrogens is 226 g/mol. The predicted molar refractivity (Wildman–Crippen MR) is 73.4 cm³/mol. The van der Waals surface area contributed by atoms with Crippen LogP contribution in [0.4, 0.5) is 5.69 Å². The first kappa shape index (κ1) is 11.3. The molecule has 2 N–H and O–H groups in total. The molecular formula is C14H17N3O. The van der Waals surface area contributed by atoms with E-state index in [0.717, 1.165) is 37.1 Å². The third kappa shape index (κ3) is 1.99. The highest BCUT2D eigenvalue weighted by molar-refractivity contribution is 5.98. The molecule has 0 aliphatic carbocycles. The van der Waals surface area contributed by atoms with Crippen LogP contribution < -0.4 is 10.2 Å². The molecule has 2 heterocycles. The third-order valence-electron chi connectivity index (χ3n) is 3.47. The van der Waals surface area contributed by atoms with Gasteiger partial charge in [0.05, 0.1) is 5.69 Å². The lowest BCUT2D eigenvalue weighted by molar-refractivity contribution is 0.101. The summed E-state index contributed by atoms with van der Waals surface area (Å²) in [5.41, 5.74) is 2.94. The number of carbonyl (C=O) groups excluding carboxylic acids is 1. The fraction of sp³-hybridized carbons (Fsp3) is 0.357. The van der Waals surface area contributed by atoms with E-state index < -0.39 is 0 Å². The van der Waals surface area contributed by atoms with Crippen molar-refractivity contribution < 1.29 is 4.79 Å². The van der Waals surface area contributed by atoms with Gasteiger partial charge >= 0.3 is 0 Å². The lowest BCUT2D eigenvalue weighted by Crippen LogP contribution is -2.43. The number of hydrogen-bond acceptors (Lipinski definition) is 3. The highest BCUT2D eigenvalue weighted by atomic mass is 16.1. The minimum atomic E-state index is 0.0786. The van der Waals surface area contributed by atoms with Gasteiger partial charge in [-0.2, -0.15) is 0 Å². The molecule has 0 bridgehead atoms. The maximum Gasteiger partial charge on any atom is 0.175 e. The number of Topliss-reactive ketones (excluding diaryl/α,β-unsaturated/α-hetero) is 1. The van der Waals surface area contributed by atoms with Crippen LogP contribution >= 0.6 is 0 Å². The molecule has 18 heavy (non-hydrogen) atoms.